The smallest absolute Gasteiger partial charge is 0.310 e. The predicted octanol–water partition coefficient (Wildman–Crippen LogP) is 3.84. The van der Waals surface area contributed by atoms with Crippen LogP contribution in [0.15, 0.2) is 36.7 Å². The minimum Gasteiger partial charge on any atom is -0.310 e. The zero-order chi connectivity index (χ0) is 13.9. The highest BCUT2D eigenvalue weighted by molar-refractivity contribution is 5.85. The van der Waals surface area contributed by atoms with Gasteiger partial charge in [-0.25, -0.2) is 0 Å². The highest BCUT2D eigenvalue weighted by atomic mass is 19.4. The lowest BCUT2D eigenvalue weighted by molar-refractivity contribution is -0.140. The standard InChI is InChI=1S/C14H15F3N2/c1-2-19-13(8-14(15,16)17)11-5-3-4-10-6-7-18-9-12(10)11/h3-7,9,13,19H,2,8H2,1H3. The van der Waals surface area contributed by atoms with Crippen LogP contribution in [-0.2, 0) is 0 Å². The van der Waals surface area contributed by atoms with Gasteiger partial charge in [-0.05, 0) is 23.6 Å². The van der Waals surface area contributed by atoms with Crippen LogP contribution >= 0.6 is 0 Å². The first-order valence-electron chi connectivity index (χ1n) is 6.14. The topological polar surface area (TPSA) is 24.9 Å². The van der Waals surface area contributed by atoms with E-state index >= 15 is 0 Å². The van der Waals surface area contributed by atoms with Gasteiger partial charge in [-0.3, -0.25) is 4.98 Å². The molecule has 1 aromatic carbocycles. The summed E-state index contributed by atoms with van der Waals surface area (Å²) < 4.78 is 38.0. The number of fused-ring (bicyclic) bond motifs is 1. The SMILES string of the molecule is CCNC(CC(F)(F)F)c1cccc2ccncc12. The Kier molecular flexibility index (Phi) is 4.04. The van der Waals surface area contributed by atoms with E-state index in [-0.39, 0.29) is 0 Å². The van der Waals surface area contributed by atoms with Crippen molar-refractivity contribution in [2.24, 2.45) is 0 Å². The number of halogens is 3. The molecular formula is C14H15F3N2. The molecule has 2 aromatic rings. The highest BCUT2D eigenvalue weighted by Gasteiger charge is 2.32. The van der Waals surface area contributed by atoms with Gasteiger partial charge >= 0.3 is 6.18 Å². The van der Waals surface area contributed by atoms with Gasteiger partial charge in [-0.1, -0.05) is 25.1 Å². The fourth-order valence-corrected chi connectivity index (χ4v) is 2.21. The Morgan fingerprint density at radius 2 is 2.05 bits per heavy atom. The van der Waals surface area contributed by atoms with Crippen molar-refractivity contribution in [3.8, 4) is 0 Å². The zero-order valence-corrected chi connectivity index (χ0v) is 10.5. The lowest BCUT2D eigenvalue weighted by atomic mass is 9.98. The van der Waals surface area contributed by atoms with Gasteiger partial charge in [0, 0.05) is 23.8 Å². The van der Waals surface area contributed by atoms with E-state index in [1.165, 1.54) is 0 Å². The molecule has 0 fully saturated rings. The number of benzene rings is 1. The van der Waals surface area contributed by atoms with Crippen molar-refractivity contribution < 1.29 is 13.2 Å². The summed E-state index contributed by atoms with van der Waals surface area (Å²) in [6.45, 7) is 2.28. The minimum absolute atomic E-state index is 0.484. The molecule has 0 saturated heterocycles. The van der Waals surface area contributed by atoms with E-state index in [2.05, 4.69) is 10.3 Å². The third-order valence-electron chi connectivity index (χ3n) is 2.98. The van der Waals surface area contributed by atoms with Crippen molar-refractivity contribution in [1.29, 1.82) is 0 Å². The Hall–Kier alpha value is -1.62. The molecule has 0 amide bonds. The molecular weight excluding hydrogens is 253 g/mol. The van der Waals surface area contributed by atoms with Crippen LogP contribution < -0.4 is 5.32 Å². The van der Waals surface area contributed by atoms with Gasteiger partial charge in [0.2, 0.25) is 0 Å². The molecule has 1 heterocycles. The summed E-state index contributed by atoms with van der Waals surface area (Å²) in [5.41, 5.74) is 0.643. The van der Waals surface area contributed by atoms with Crippen LogP contribution in [0.1, 0.15) is 24.9 Å². The first kappa shape index (κ1) is 13.8. The summed E-state index contributed by atoms with van der Waals surface area (Å²) in [5, 5.41) is 4.56. The average molecular weight is 268 g/mol. The molecule has 0 aliphatic carbocycles. The average Bonchev–Trinajstić information content (AvgIpc) is 2.36. The maximum Gasteiger partial charge on any atom is 0.390 e. The third kappa shape index (κ3) is 3.44. The molecule has 5 heteroatoms. The number of nitrogens with one attached hydrogen (secondary N) is 1. The number of hydrogen-bond acceptors (Lipinski definition) is 2. The summed E-state index contributed by atoms with van der Waals surface area (Å²) in [7, 11) is 0. The van der Waals surface area contributed by atoms with Crippen LogP contribution in [0, 0.1) is 0 Å². The molecule has 2 nitrogen and oxygen atoms in total. The number of pyridine rings is 1. The molecule has 19 heavy (non-hydrogen) atoms. The molecule has 0 spiro atoms. The first-order valence-corrected chi connectivity index (χ1v) is 6.14. The molecule has 0 radical (unpaired) electrons. The number of alkyl halides is 3. The molecule has 1 aromatic heterocycles. The lowest BCUT2D eigenvalue weighted by Gasteiger charge is -2.21. The van der Waals surface area contributed by atoms with Gasteiger partial charge < -0.3 is 5.32 Å². The largest absolute Gasteiger partial charge is 0.390 e. The molecule has 102 valence electrons. The van der Waals surface area contributed by atoms with Gasteiger partial charge in [0.05, 0.1) is 6.42 Å². The van der Waals surface area contributed by atoms with E-state index in [0.29, 0.717) is 12.1 Å². The summed E-state index contributed by atoms with van der Waals surface area (Å²) in [6, 6.07) is 6.44. The zero-order valence-electron chi connectivity index (χ0n) is 10.5. The maximum absolute atomic E-state index is 12.7. The van der Waals surface area contributed by atoms with E-state index in [0.717, 1.165) is 10.8 Å². The van der Waals surface area contributed by atoms with Crippen LogP contribution in [0.5, 0.6) is 0 Å². The summed E-state index contributed by atoms with van der Waals surface area (Å²) in [5.74, 6) is 0. The second-order valence-corrected chi connectivity index (χ2v) is 4.37. The van der Waals surface area contributed by atoms with E-state index in [4.69, 9.17) is 0 Å². The second-order valence-electron chi connectivity index (χ2n) is 4.37. The van der Waals surface area contributed by atoms with Crippen LogP contribution in [-0.4, -0.2) is 17.7 Å². The molecule has 0 saturated carbocycles. The third-order valence-corrected chi connectivity index (χ3v) is 2.98. The number of nitrogens with zero attached hydrogens (tertiary/aromatic N) is 1. The second kappa shape index (κ2) is 5.57. The first-order chi connectivity index (χ1) is 9.01. The molecule has 0 bridgehead atoms. The Morgan fingerprint density at radius 1 is 1.26 bits per heavy atom. The summed E-state index contributed by atoms with van der Waals surface area (Å²) in [6.07, 6.45) is -1.82. The summed E-state index contributed by atoms with van der Waals surface area (Å²) in [4.78, 5) is 4.00. The number of hydrogen-bond donors (Lipinski definition) is 1. The van der Waals surface area contributed by atoms with Crippen LogP contribution in [0.2, 0.25) is 0 Å². The number of aromatic nitrogens is 1. The maximum atomic E-state index is 12.7. The monoisotopic (exact) mass is 268 g/mol. The summed E-state index contributed by atoms with van der Waals surface area (Å²) >= 11 is 0. The van der Waals surface area contributed by atoms with Crippen molar-refractivity contribution in [1.82, 2.24) is 10.3 Å². The van der Waals surface area contributed by atoms with Crippen molar-refractivity contribution >= 4 is 10.8 Å². The Morgan fingerprint density at radius 3 is 2.74 bits per heavy atom. The molecule has 2 rings (SSSR count). The van der Waals surface area contributed by atoms with Crippen molar-refractivity contribution in [2.75, 3.05) is 6.54 Å². The van der Waals surface area contributed by atoms with Crippen molar-refractivity contribution in [2.45, 2.75) is 25.6 Å². The fraction of sp³-hybridized carbons (Fsp3) is 0.357. The van der Waals surface area contributed by atoms with Crippen LogP contribution in [0.4, 0.5) is 13.2 Å². The van der Waals surface area contributed by atoms with Crippen molar-refractivity contribution in [3.63, 3.8) is 0 Å². The Labute approximate surface area is 109 Å². The normalized spacial score (nSPS) is 13.7. The quantitative estimate of drug-likeness (QED) is 0.911. The van der Waals surface area contributed by atoms with Gasteiger partial charge in [0.15, 0.2) is 0 Å². The molecule has 1 atom stereocenters. The van der Waals surface area contributed by atoms with Gasteiger partial charge in [-0.15, -0.1) is 0 Å². The fourth-order valence-electron chi connectivity index (χ4n) is 2.21. The van der Waals surface area contributed by atoms with Crippen LogP contribution in [0.25, 0.3) is 10.8 Å². The molecule has 0 aliphatic rings. The van der Waals surface area contributed by atoms with Crippen LogP contribution in [0.3, 0.4) is 0 Å². The van der Waals surface area contributed by atoms with E-state index in [9.17, 15) is 13.2 Å². The van der Waals surface area contributed by atoms with Crippen molar-refractivity contribution in [3.05, 3.63) is 42.2 Å². The predicted molar refractivity (Wildman–Crippen MR) is 68.8 cm³/mol. The van der Waals surface area contributed by atoms with Gasteiger partial charge in [0.25, 0.3) is 0 Å². The molecule has 0 aliphatic heterocycles. The molecule has 1 unspecified atom stereocenters. The van der Waals surface area contributed by atoms with E-state index < -0.39 is 18.6 Å². The minimum atomic E-state index is -4.20. The van der Waals surface area contributed by atoms with Gasteiger partial charge in [0.1, 0.15) is 0 Å². The number of rotatable bonds is 4. The molecule has 1 N–H and O–H groups in total. The van der Waals surface area contributed by atoms with Gasteiger partial charge in [-0.2, -0.15) is 13.2 Å². The van der Waals surface area contributed by atoms with E-state index in [1.807, 2.05) is 6.07 Å². The van der Waals surface area contributed by atoms with E-state index in [1.54, 1.807) is 37.5 Å². The lowest BCUT2D eigenvalue weighted by Crippen LogP contribution is -2.26. The Balaban J connectivity index is 2.44. The Bertz CT molecular complexity index is 546. The highest BCUT2D eigenvalue weighted by Crippen LogP contribution is 2.32.